The smallest absolute Gasteiger partial charge is 0.200 e. The molecule has 3 rings (SSSR count). The highest BCUT2D eigenvalue weighted by Gasteiger charge is 2.25. The second kappa shape index (κ2) is 8.17. The Morgan fingerprint density at radius 3 is 2.50 bits per heavy atom. The van der Waals surface area contributed by atoms with Crippen molar-refractivity contribution in [1.82, 2.24) is 4.72 Å². The van der Waals surface area contributed by atoms with E-state index in [2.05, 4.69) is 9.62 Å². The van der Waals surface area contributed by atoms with Crippen LogP contribution in [0.15, 0.2) is 27.4 Å². The van der Waals surface area contributed by atoms with Gasteiger partial charge in [0.05, 0.1) is 21.1 Å². The van der Waals surface area contributed by atoms with Gasteiger partial charge in [-0.05, 0) is 59.1 Å². The van der Waals surface area contributed by atoms with Crippen LogP contribution in [0.4, 0.5) is 5.88 Å². The Labute approximate surface area is 174 Å². The third kappa shape index (κ3) is 4.61. The van der Waals surface area contributed by atoms with Gasteiger partial charge < -0.3 is 9.32 Å². The van der Waals surface area contributed by atoms with E-state index in [1.54, 1.807) is 6.07 Å². The average Bonchev–Trinajstić information content (AvgIpc) is 2.61. The van der Waals surface area contributed by atoms with Crippen LogP contribution < -0.4 is 15.1 Å². The Morgan fingerprint density at radius 2 is 1.89 bits per heavy atom. The molecule has 1 aromatic carbocycles. The lowest BCUT2D eigenvalue weighted by Crippen LogP contribution is -2.35. The van der Waals surface area contributed by atoms with Crippen molar-refractivity contribution in [2.45, 2.75) is 63.6 Å². The predicted molar refractivity (Wildman–Crippen MR) is 118 cm³/mol. The van der Waals surface area contributed by atoms with Crippen LogP contribution in [0.1, 0.15) is 57.7 Å². The minimum atomic E-state index is -1.23. The molecule has 0 amide bonds. The lowest BCUT2D eigenvalue weighted by molar-refractivity contribution is 0.512. The Bertz CT molecular complexity index is 943. The van der Waals surface area contributed by atoms with E-state index >= 15 is 0 Å². The van der Waals surface area contributed by atoms with Crippen LogP contribution in [0.3, 0.4) is 0 Å². The molecule has 7 heteroatoms. The van der Waals surface area contributed by atoms with Crippen LogP contribution in [0.5, 0.6) is 0 Å². The summed E-state index contributed by atoms with van der Waals surface area (Å²) in [4.78, 5) is 14.9. The van der Waals surface area contributed by atoms with Crippen LogP contribution in [-0.2, 0) is 11.0 Å². The molecule has 2 atom stereocenters. The molecule has 28 heavy (non-hydrogen) atoms. The Balaban J connectivity index is 2.04. The first-order valence-electron chi connectivity index (χ1n) is 9.71. The zero-order valence-electron chi connectivity index (χ0n) is 17.2. The third-order valence-corrected chi connectivity index (χ3v) is 7.15. The standard InChI is InChI=1S/C21H29ClN2O3S/c1-13-10-16(14(2)23-28(26)21(3,4)5)20-17(11-13)18(25)12-19(27-20)24-8-6-15(22)7-9-24/h10-12,14-15,23H,6-9H2,1-5H3. The first-order valence-corrected chi connectivity index (χ1v) is 11.3. The summed E-state index contributed by atoms with van der Waals surface area (Å²) < 4.78 is 21.6. The highest BCUT2D eigenvalue weighted by atomic mass is 35.5. The Morgan fingerprint density at radius 1 is 1.25 bits per heavy atom. The predicted octanol–water partition coefficient (Wildman–Crippen LogP) is 4.42. The summed E-state index contributed by atoms with van der Waals surface area (Å²) in [5.41, 5.74) is 2.32. The van der Waals surface area contributed by atoms with E-state index in [9.17, 15) is 9.00 Å². The van der Waals surface area contributed by atoms with Crippen molar-refractivity contribution >= 4 is 39.4 Å². The summed E-state index contributed by atoms with van der Waals surface area (Å²) in [7, 11) is -1.23. The summed E-state index contributed by atoms with van der Waals surface area (Å²) in [6, 6.07) is 5.20. The minimum Gasteiger partial charge on any atom is -0.440 e. The van der Waals surface area contributed by atoms with Gasteiger partial charge in [-0.3, -0.25) is 4.79 Å². The van der Waals surface area contributed by atoms with Gasteiger partial charge >= 0.3 is 0 Å². The van der Waals surface area contributed by atoms with Crippen LogP contribution in [0.2, 0.25) is 0 Å². The molecule has 2 aromatic rings. The van der Waals surface area contributed by atoms with Gasteiger partial charge in [0.25, 0.3) is 0 Å². The monoisotopic (exact) mass is 424 g/mol. The Hall–Kier alpha value is -1.37. The van der Waals surface area contributed by atoms with Crippen LogP contribution in [0.25, 0.3) is 11.0 Å². The van der Waals surface area contributed by atoms with E-state index in [1.165, 1.54) is 0 Å². The van der Waals surface area contributed by atoms with Crippen molar-refractivity contribution in [3.8, 4) is 0 Å². The molecule has 1 saturated heterocycles. The number of piperidine rings is 1. The van der Waals surface area contributed by atoms with E-state index in [-0.39, 0.29) is 21.6 Å². The average molecular weight is 425 g/mol. The summed E-state index contributed by atoms with van der Waals surface area (Å²) in [5, 5.41) is 0.736. The molecular formula is C21H29ClN2O3S. The first-order chi connectivity index (χ1) is 13.1. The number of nitrogens with zero attached hydrogens (tertiary/aromatic N) is 1. The SMILES string of the molecule is Cc1cc(C(C)NS(=O)C(C)(C)C)c2oc(N3CCC(Cl)CC3)cc(=O)c2c1. The lowest BCUT2D eigenvalue weighted by atomic mass is 10.0. The summed E-state index contributed by atoms with van der Waals surface area (Å²) in [5.74, 6) is 0.579. The highest BCUT2D eigenvalue weighted by Crippen LogP contribution is 2.30. The van der Waals surface area contributed by atoms with Crippen molar-refractivity contribution < 1.29 is 8.63 Å². The number of halogens is 1. The second-order valence-corrected chi connectivity index (χ2v) is 11.2. The molecule has 0 bridgehead atoms. The largest absolute Gasteiger partial charge is 0.440 e. The molecule has 0 aliphatic carbocycles. The molecule has 0 radical (unpaired) electrons. The van der Waals surface area contributed by atoms with Gasteiger partial charge in [0, 0.05) is 36.1 Å². The van der Waals surface area contributed by atoms with Gasteiger partial charge in [0.1, 0.15) is 5.58 Å². The van der Waals surface area contributed by atoms with Gasteiger partial charge in [-0.2, -0.15) is 0 Å². The van der Waals surface area contributed by atoms with Crippen molar-refractivity contribution in [2.75, 3.05) is 18.0 Å². The molecule has 5 nitrogen and oxygen atoms in total. The van der Waals surface area contributed by atoms with Crippen molar-refractivity contribution in [3.05, 3.63) is 39.5 Å². The maximum absolute atomic E-state index is 12.8. The van der Waals surface area contributed by atoms with E-state index in [1.807, 2.05) is 46.8 Å². The highest BCUT2D eigenvalue weighted by molar-refractivity contribution is 7.84. The Kier molecular flexibility index (Phi) is 6.23. The zero-order valence-corrected chi connectivity index (χ0v) is 18.7. The second-order valence-electron chi connectivity index (χ2n) is 8.56. The summed E-state index contributed by atoms with van der Waals surface area (Å²) in [6.07, 6.45) is 1.74. The molecule has 1 aliphatic heterocycles. The number of aryl methyl sites for hydroxylation is 1. The lowest BCUT2D eigenvalue weighted by Gasteiger charge is -2.30. The fourth-order valence-electron chi connectivity index (χ4n) is 3.37. The summed E-state index contributed by atoms with van der Waals surface area (Å²) in [6.45, 7) is 11.2. The third-order valence-electron chi connectivity index (χ3n) is 5.03. The maximum atomic E-state index is 12.8. The maximum Gasteiger partial charge on any atom is 0.200 e. The van der Waals surface area contributed by atoms with Gasteiger partial charge in [0.2, 0.25) is 0 Å². The molecule has 0 saturated carbocycles. The number of nitrogens with one attached hydrogen (secondary N) is 1. The molecule has 0 spiro atoms. The molecule has 1 aromatic heterocycles. The van der Waals surface area contributed by atoms with E-state index in [4.69, 9.17) is 16.0 Å². The first kappa shape index (κ1) is 21.3. The van der Waals surface area contributed by atoms with Crippen LogP contribution >= 0.6 is 11.6 Å². The number of fused-ring (bicyclic) bond motifs is 1. The molecule has 2 heterocycles. The molecule has 2 unspecified atom stereocenters. The van der Waals surface area contributed by atoms with E-state index in [0.29, 0.717) is 16.9 Å². The number of rotatable bonds is 4. The van der Waals surface area contributed by atoms with Crippen LogP contribution in [-0.4, -0.2) is 27.4 Å². The number of hydrogen-bond acceptors (Lipinski definition) is 4. The number of anilines is 1. The van der Waals surface area contributed by atoms with Gasteiger partial charge in [-0.15, -0.1) is 11.6 Å². The van der Waals surface area contributed by atoms with Crippen molar-refractivity contribution in [3.63, 3.8) is 0 Å². The van der Waals surface area contributed by atoms with Crippen molar-refractivity contribution in [2.24, 2.45) is 0 Å². The quantitative estimate of drug-likeness (QED) is 0.738. The van der Waals surface area contributed by atoms with Crippen molar-refractivity contribution in [1.29, 1.82) is 0 Å². The summed E-state index contributed by atoms with van der Waals surface area (Å²) >= 11 is 6.21. The fourth-order valence-corrected chi connectivity index (χ4v) is 4.37. The van der Waals surface area contributed by atoms with E-state index in [0.717, 1.165) is 37.1 Å². The van der Waals surface area contributed by atoms with Gasteiger partial charge in [-0.1, -0.05) is 6.07 Å². The number of alkyl halides is 1. The van der Waals surface area contributed by atoms with E-state index < -0.39 is 11.0 Å². The normalized spacial score (nSPS) is 18.4. The zero-order chi connectivity index (χ0) is 20.6. The molecule has 1 aliphatic rings. The molecular weight excluding hydrogens is 396 g/mol. The van der Waals surface area contributed by atoms with Gasteiger partial charge in [-0.25, -0.2) is 8.93 Å². The van der Waals surface area contributed by atoms with Gasteiger partial charge in [0.15, 0.2) is 11.3 Å². The molecule has 154 valence electrons. The molecule has 1 fully saturated rings. The fraction of sp³-hybridized carbons (Fsp3) is 0.571. The van der Waals surface area contributed by atoms with Crippen LogP contribution in [0, 0.1) is 6.92 Å². The minimum absolute atomic E-state index is 0.0571. The number of hydrogen-bond donors (Lipinski definition) is 1. The molecule has 1 N–H and O–H groups in total. The number of benzene rings is 1. The topological polar surface area (TPSA) is 62.6 Å².